The summed E-state index contributed by atoms with van der Waals surface area (Å²) in [5, 5.41) is 12.5. The number of fused-ring (bicyclic) bond motifs is 1. The number of sulfonamides is 1. The lowest BCUT2D eigenvalue weighted by Gasteiger charge is -2.17. The number of nitrogens with one attached hydrogen (secondary N) is 1. The number of aromatic nitrogens is 1. The summed E-state index contributed by atoms with van der Waals surface area (Å²) in [7, 11) is -2.51. The summed E-state index contributed by atoms with van der Waals surface area (Å²) in [6.45, 7) is -0.345. The third-order valence-corrected chi connectivity index (χ3v) is 7.67. The van der Waals surface area contributed by atoms with Gasteiger partial charge in [-0.15, -0.1) is 11.3 Å². The fourth-order valence-electron chi connectivity index (χ4n) is 3.06. The molecule has 0 aliphatic heterocycles. The van der Waals surface area contributed by atoms with Crippen LogP contribution in [0.2, 0.25) is 0 Å². The second kappa shape index (κ2) is 8.88. The number of carbonyl (C=O) groups is 1. The number of para-hydroxylation sites is 1. The second-order valence-corrected chi connectivity index (χ2v) is 10.1. The van der Waals surface area contributed by atoms with E-state index < -0.39 is 15.9 Å². The monoisotopic (exact) mass is 462 g/mol. The molecule has 160 valence electrons. The fraction of sp³-hybridized carbons (Fsp3) is 0.0870. The van der Waals surface area contributed by atoms with Gasteiger partial charge in [0.15, 0.2) is 0 Å². The zero-order chi connectivity index (χ0) is 22.7. The van der Waals surface area contributed by atoms with Gasteiger partial charge in [-0.05, 0) is 60.7 Å². The normalized spacial score (nSPS) is 11.4. The Bertz CT molecular complexity index is 1390. The summed E-state index contributed by atoms with van der Waals surface area (Å²) in [6, 6.07) is 22.6. The molecular formula is C23H18N4O3S2. The van der Waals surface area contributed by atoms with Gasteiger partial charge in [0.1, 0.15) is 5.01 Å². The van der Waals surface area contributed by atoms with Crippen LogP contribution in [0.4, 0.5) is 5.69 Å². The van der Waals surface area contributed by atoms with Crippen molar-refractivity contribution in [3.8, 4) is 16.6 Å². The van der Waals surface area contributed by atoms with Crippen LogP contribution in [0.3, 0.4) is 0 Å². The highest BCUT2D eigenvalue weighted by Gasteiger charge is 2.23. The quantitative estimate of drug-likeness (QED) is 0.465. The van der Waals surface area contributed by atoms with E-state index >= 15 is 0 Å². The Morgan fingerprint density at radius 1 is 1.06 bits per heavy atom. The largest absolute Gasteiger partial charge is 0.325 e. The molecule has 9 heteroatoms. The molecule has 0 unspecified atom stereocenters. The maximum absolute atomic E-state index is 12.7. The van der Waals surface area contributed by atoms with E-state index in [9.17, 15) is 13.2 Å². The van der Waals surface area contributed by atoms with Crippen molar-refractivity contribution in [3.05, 3.63) is 78.4 Å². The molecule has 1 aromatic heterocycles. The summed E-state index contributed by atoms with van der Waals surface area (Å²) < 4.78 is 27.4. The first-order valence-corrected chi connectivity index (χ1v) is 11.8. The molecule has 3 aromatic carbocycles. The number of hydrogen-bond acceptors (Lipinski definition) is 6. The molecule has 0 bridgehead atoms. The van der Waals surface area contributed by atoms with E-state index in [0.29, 0.717) is 11.3 Å². The molecule has 0 saturated heterocycles. The number of amides is 1. The van der Waals surface area contributed by atoms with Gasteiger partial charge in [-0.2, -0.15) is 9.57 Å². The van der Waals surface area contributed by atoms with E-state index in [1.54, 1.807) is 23.5 Å². The van der Waals surface area contributed by atoms with Crippen molar-refractivity contribution in [2.45, 2.75) is 4.90 Å². The standard InChI is InChI=1S/C23H18N4O3S2/c1-27(32(29,30)19-12-6-16(14-24)7-13-19)15-22(28)25-18-10-8-17(9-11-18)23-26-20-4-2-3-5-21(20)31-23/h2-13H,15H2,1H3,(H,25,28). The van der Waals surface area contributed by atoms with E-state index in [-0.39, 0.29) is 11.4 Å². The average Bonchev–Trinajstić information content (AvgIpc) is 3.24. The van der Waals surface area contributed by atoms with Crippen molar-refractivity contribution in [2.24, 2.45) is 0 Å². The van der Waals surface area contributed by atoms with Crippen molar-refractivity contribution in [2.75, 3.05) is 18.9 Å². The van der Waals surface area contributed by atoms with Gasteiger partial charge in [-0.3, -0.25) is 4.79 Å². The fourth-order valence-corrected chi connectivity index (χ4v) is 5.16. The minimum atomic E-state index is -3.85. The van der Waals surface area contributed by atoms with Crippen molar-refractivity contribution in [1.82, 2.24) is 9.29 Å². The van der Waals surface area contributed by atoms with E-state index in [4.69, 9.17) is 5.26 Å². The number of hydrogen-bond donors (Lipinski definition) is 1. The minimum absolute atomic E-state index is 0.0204. The Morgan fingerprint density at radius 3 is 2.41 bits per heavy atom. The highest BCUT2D eigenvalue weighted by molar-refractivity contribution is 7.89. The molecule has 0 aliphatic carbocycles. The van der Waals surface area contributed by atoms with Crippen LogP contribution >= 0.6 is 11.3 Å². The number of benzene rings is 3. The first-order chi connectivity index (χ1) is 15.4. The first-order valence-electron chi connectivity index (χ1n) is 9.59. The van der Waals surface area contributed by atoms with Gasteiger partial charge >= 0.3 is 0 Å². The van der Waals surface area contributed by atoms with Crippen LogP contribution in [-0.2, 0) is 14.8 Å². The molecule has 0 saturated carbocycles. The Labute approximate surface area is 189 Å². The zero-order valence-electron chi connectivity index (χ0n) is 17.0. The van der Waals surface area contributed by atoms with Crippen LogP contribution in [0.1, 0.15) is 5.56 Å². The van der Waals surface area contributed by atoms with E-state index in [1.807, 2.05) is 42.5 Å². The molecular weight excluding hydrogens is 444 g/mol. The summed E-state index contributed by atoms with van der Waals surface area (Å²) >= 11 is 1.59. The van der Waals surface area contributed by atoms with Crippen molar-refractivity contribution in [1.29, 1.82) is 5.26 Å². The Hall–Kier alpha value is -3.58. The maximum atomic E-state index is 12.7. The molecule has 0 fully saturated rings. The zero-order valence-corrected chi connectivity index (χ0v) is 18.7. The lowest BCUT2D eigenvalue weighted by molar-refractivity contribution is -0.116. The van der Waals surface area contributed by atoms with Crippen LogP contribution in [0, 0.1) is 11.3 Å². The Kier molecular flexibility index (Phi) is 6.01. The van der Waals surface area contributed by atoms with Crippen molar-refractivity contribution < 1.29 is 13.2 Å². The number of carbonyl (C=O) groups excluding carboxylic acids is 1. The van der Waals surface area contributed by atoms with Gasteiger partial charge in [-0.1, -0.05) is 12.1 Å². The minimum Gasteiger partial charge on any atom is -0.325 e. The third kappa shape index (κ3) is 4.53. The number of anilines is 1. The molecule has 1 N–H and O–H groups in total. The van der Waals surface area contributed by atoms with E-state index in [1.165, 1.54) is 31.3 Å². The summed E-state index contributed by atoms with van der Waals surface area (Å²) in [5.41, 5.74) is 2.80. The van der Waals surface area contributed by atoms with E-state index in [2.05, 4.69) is 10.3 Å². The Morgan fingerprint density at radius 2 is 1.75 bits per heavy atom. The maximum Gasteiger partial charge on any atom is 0.243 e. The van der Waals surface area contributed by atoms with Gasteiger partial charge in [0.2, 0.25) is 15.9 Å². The van der Waals surface area contributed by atoms with Crippen LogP contribution in [0.5, 0.6) is 0 Å². The number of likely N-dealkylation sites (N-methyl/N-ethyl adjacent to an activating group) is 1. The number of thiazole rings is 1. The highest BCUT2D eigenvalue weighted by Crippen LogP contribution is 2.30. The first kappa shape index (κ1) is 21.6. The highest BCUT2D eigenvalue weighted by atomic mass is 32.2. The smallest absolute Gasteiger partial charge is 0.243 e. The van der Waals surface area contributed by atoms with Crippen molar-refractivity contribution >= 4 is 43.2 Å². The summed E-state index contributed by atoms with van der Waals surface area (Å²) in [4.78, 5) is 17.0. The molecule has 0 atom stereocenters. The molecule has 0 spiro atoms. The molecule has 0 radical (unpaired) electrons. The molecule has 1 heterocycles. The topological polar surface area (TPSA) is 103 Å². The number of nitrogens with zero attached hydrogens (tertiary/aromatic N) is 3. The van der Waals surface area contributed by atoms with Crippen LogP contribution in [0.15, 0.2) is 77.7 Å². The van der Waals surface area contributed by atoms with Gasteiger partial charge in [0, 0.05) is 18.3 Å². The molecule has 4 rings (SSSR count). The Balaban J connectivity index is 1.41. The molecule has 1 amide bonds. The van der Waals surface area contributed by atoms with Crippen LogP contribution < -0.4 is 5.32 Å². The lowest BCUT2D eigenvalue weighted by atomic mass is 10.2. The van der Waals surface area contributed by atoms with Gasteiger partial charge < -0.3 is 5.32 Å². The van der Waals surface area contributed by atoms with Gasteiger partial charge in [0.05, 0.1) is 33.3 Å². The van der Waals surface area contributed by atoms with Crippen LogP contribution in [0.25, 0.3) is 20.8 Å². The SMILES string of the molecule is CN(CC(=O)Nc1ccc(-c2nc3ccccc3s2)cc1)S(=O)(=O)c1ccc(C#N)cc1. The number of nitriles is 1. The molecule has 4 aromatic rings. The summed E-state index contributed by atoms with van der Waals surface area (Å²) in [5.74, 6) is -0.461. The average molecular weight is 463 g/mol. The summed E-state index contributed by atoms with van der Waals surface area (Å²) in [6.07, 6.45) is 0. The second-order valence-electron chi connectivity index (χ2n) is 7.01. The molecule has 7 nitrogen and oxygen atoms in total. The third-order valence-electron chi connectivity index (χ3n) is 4.77. The number of rotatable bonds is 6. The molecule has 0 aliphatic rings. The van der Waals surface area contributed by atoms with Gasteiger partial charge in [0.25, 0.3) is 0 Å². The van der Waals surface area contributed by atoms with Gasteiger partial charge in [-0.25, -0.2) is 13.4 Å². The lowest BCUT2D eigenvalue weighted by Crippen LogP contribution is -2.34. The molecule has 32 heavy (non-hydrogen) atoms. The van der Waals surface area contributed by atoms with Crippen molar-refractivity contribution in [3.63, 3.8) is 0 Å². The van der Waals surface area contributed by atoms with Crippen LogP contribution in [-0.4, -0.2) is 37.2 Å². The predicted molar refractivity (Wildman–Crippen MR) is 125 cm³/mol. The van der Waals surface area contributed by atoms with E-state index in [0.717, 1.165) is 25.1 Å². The predicted octanol–water partition coefficient (Wildman–Crippen LogP) is 4.09.